The Hall–Kier alpha value is -1.45. The van der Waals surface area contributed by atoms with Gasteiger partial charge in [0, 0.05) is 12.5 Å². The number of carbonyl (C=O) groups excluding carboxylic acids is 1. The lowest BCUT2D eigenvalue weighted by atomic mass is 9.68. The van der Waals surface area contributed by atoms with E-state index in [4.69, 9.17) is 4.74 Å². The number of carbonyl (C=O) groups is 1. The first-order chi connectivity index (χ1) is 14.4. The lowest BCUT2D eigenvalue weighted by Gasteiger charge is -2.43. The largest absolute Gasteiger partial charge is 0.489 e. The predicted molar refractivity (Wildman–Crippen MR) is 123 cm³/mol. The average molecular weight is 474 g/mol. The smallest absolute Gasteiger partial charge is 0.176 e. The fourth-order valence-electron chi connectivity index (χ4n) is 4.22. The lowest BCUT2D eigenvalue weighted by Crippen LogP contribution is -2.51. The highest BCUT2D eigenvalue weighted by Gasteiger charge is 2.51. The number of hydrogen-bond donors (Lipinski definition) is 0. The molecule has 1 unspecified atom stereocenters. The SMILES string of the molecule is CCN(CC)CCCC1Oc2ccccc2C(=O)C1(CCS(C)(=O)=O)CCS(C)(=O)=O. The summed E-state index contributed by atoms with van der Waals surface area (Å²) in [5.74, 6) is -0.120. The standard InChI is InChI=1S/C22H35NO6S2/c1-5-23(6-2)15-9-12-20-22(13-16-30(3,25)26,14-17-31(4,27)28)21(24)18-10-7-8-11-19(18)29-20/h7-8,10-11,20H,5-6,9,12-17H2,1-4H3. The van der Waals surface area contributed by atoms with Gasteiger partial charge in [0.25, 0.3) is 0 Å². The highest BCUT2D eigenvalue weighted by Crippen LogP contribution is 2.45. The third kappa shape index (κ3) is 7.02. The highest BCUT2D eigenvalue weighted by molar-refractivity contribution is 7.90. The van der Waals surface area contributed by atoms with Crippen LogP contribution in [-0.4, -0.2) is 77.3 Å². The molecule has 0 saturated heterocycles. The van der Waals surface area contributed by atoms with Crippen LogP contribution < -0.4 is 4.74 Å². The Morgan fingerprint density at radius 1 is 0.968 bits per heavy atom. The van der Waals surface area contributed by atoms with Crippen molar-refractivity contribution in [3.63, 3.8) is 0 Å². The first-order valence-electron chi connectivity index (χ1n) is 10.8. The molecule has 0 spiro atoms. The number of para-hydroxylation sites is 1. The summed E-state index contributed by atoms with van der Waals surface area (Å²) in [7, 11) is -6.69. The van der Waals surface area contributed by atoms with E-state index >= 15 is 0 Å². The maximum Gasteiger partial charge on any atom is 0.176 e. The molecule has 1 aliphatic heterocycles. The molecule has 0 amide bonds. The van der Waals surface area contributed by atoms with Crippen LogP contribution >= 0.6 is 0 Å². The van der Waals surface area contributed by atoms with E-state index in [1.807, 2.05) is 0 Å². The van der Waals surface area contributed by atoms with Crippen LogP contribution in [0.25, 0.3) is 0 Å². The summed E-state index contributed by atoms with van der Waals surface area (Å²) in [5, 5.41) is 0. The van der Waals surface area contributed by atoms with Crippen LogP contribution in [-0.2, 0) is 19.7 Å². The average Bonchev–Trinajstić information content (AvgIpc) is 2.69. The van der Waals surface area contributed by atoms with Crippen LogP contribution in [0.5, 0.6) is 5.75 Å². The van der Waals surface area contributed by atoms with E-state index in [-0.39, 0.29) is 30.1 Å². The number of ether oxygens (including phenoxy) is 1. The van der Waals surface area contributed by atoms with E-state index < -0.39 is 31.2 Å². The maximum absolute atomic E-state index is 13.7. The summed E-state index contributed by atoms with van der Waals surface area (Å²) >= 11 is 0. The van der Waals surface area contributed by atoms with Gasteiger partial charge in [-0.1, -0.05) is 26.0 Å². The molecule has 176 valence electrons. The van der Waals surface area contributed by atoms with Crippen molar-refractivity contribution in [1.82, 2.24) is 4.90 Å². The molecular formula is C22H35NO6S2. The van der Waals surface area contributed by atoms with E-state index in [9.17, 15) is 21.6 Å². The zero-order valence-corrected chi connectivity index (χ0v) is 20.6. The van der Waals surface area contributed by atoms with Crippen molar-refractivity contribution in [2.45, 2.75) is 45.6 Å². The second-order valence-corrected chi connectivity index (χ2v) is 13.0. The Balaban J connectivity index is 2.44. The Morgan fingerprint density at radius 3 is 2.03 bits per heavy atom. The second-order valence-electron chi connectivity index (χ2n) is 8.52. The number of Topliss-reactive ketones (excluding diaryl/α,β-unsaturated/α-hetero) is 1. The summed E-state index contributed by atoms with van der Waals surface area (Å²) in [6.07, 6.45) is 3.10. The van der Waals surface area contributed by atoms with Gasteiger partial charge in [0.1, 0.15) is 31.5 Å². The van der Waals surface area contributed by atoms with Crippen LogP contribution in [0.3, 0.4) is 0 Å². The predicted octanol–water partition coefficient (Wildman–Crippen LogP) is 2.61. The number of nitrogens with zero attached hydrogens (tertiary/aromatic N) is 1. The lowest BCUT2D eigenvalue weighted by molar-refractivity contribution is 0.0166. The fourth-order valence-corrected chi connectivity index (χ4v) is 5.69. The van der Waals surface area contributed by atoms with Crippen molar-refractivity contribution in [1.29, 1.82) is 0 Å². The van der Waals surface area contributed by atoms with E-state index in [2.05, 4.69) is 18.7 Å². The van der Waals surface area contributed by atoms with Gasteiger partial charge < -0.3 is 9.64 Å². The molecule has 0 saturated carbocycles. The molecule has 1 aromatic carbocycles. The Labute approximate surface area is 187 Å². The molecule has 0 aromatic heterocycles. The van der Waals surface area contributed by atoms with Gasteiger partial charge in [-0.3, -0.25) is 4.79 Å². The quantitative estimate of drug-likeness (QED) is 0.460. The molecule has 1 heterocycles. The first-order valence-corrected chi connectivity index (χ1v) is 14.9. The fraction of sp³-hybridized carbons (Fsp3) is 0.682. The van der Waals surface area contributed by atoms with Crippen molar-refractivity contribution < 1.29 is 26.4 Å². The molecule has 0 N–H and O–H groups in total. The van der Waals surface area contributed by atoms with Gasteiger partial charge in [-0.05, 0) is 57.5 Å². The second kappa shape index (κ2) is 10.4. The van der Waals surface area contributed by atoms with Crippen LogP contribution in [0.1, 0.15) is 49.9 Å². The molecular weight excluding hydrogens is 438 g/mol. The topological polar surface area (TPSA) is 97.8 Å². The van der Waals surface area contributed by atoms with E-state index in [0.717, 1.165) is 38.6 Å². The zero-order chi connectivity index (χ0) is 23.3. The maximum atomic E-state index is 13.7. The Morgan fingerprint density at radius 2 is 1.52 bits per heavy atom. The molecule has 0 radical (unpaired) electrons. The molecule has 0 fully saturated rings. The molecule has 1 aromatic rings. The number of hydrogen-bond acceptors (Lipinski definition) is 7. The highest BCUT2D eigenvalue weighted by atomic mass is 32.2. The number of benzene rings is 1. The zero-order valence-electron chi connectivity index (χ0n) is 19.0. The molecule has 9 heteroatoms. The summed E-state index contributed by atoms with van der Waals surface area (Å²) in [6.45, 7) is 6.83. The Bertz CT molecular complexity index is 931. The van der Waals surface area contributed by atoms with E-state index in [1.54, 1.807) is 24.3 Å². The first kappa shape index (κ1) is 25.8. The van der Waals surface area contributed by atoms with E-state index in [1.165, 1.54) is 0 Å². The van der Waals surface area contributed by atoms with Crippen LogP contribution in [0.4, 0.5) is 0 Å². The van der Waals surface area contributed by atoms with Crippen LogP contribution in [0.15, 0.2) is 24.3 Å². The normalized spacial score (nSPS) is 18.6. The summed E-state index contributed by atoms with van der Waals surface area (Å²) in [6, 6.07) is 6.93. The van der Waals surface area contributed by atoms with Gasteiger partial charge in [0.2, 0.25) is 0 Å². The molecule has 31 heavy (non-hydrogen) atoms. The van der Waals surface area contributed by atoms with Crippen molar-refractivity contribution in [2.24, 2.45) is 5.41 Å². The molecule has 0 aliphatic carbocycles. The van der Waals surface area contributed by atoms with Crippen LogP contribution in [0.2, 0.25) is 0 Å². The summed E-state index contributed by atoms with van der Waals surface area (Å²) < 4.78 is 54.2. The van der Waals surface area contributed by atoms with Gasteiger partial charge in [0.15, 0.2) is 5.78 Å². The van der Waals surface area contributed by atoms with Gasteiger partial charge >= 0.3 is 0 Å². The van der Waals surface area contributed by atoms with Crippen molar-refractivity contribution in [3.8, 4) is 5.75 Å². The monoisotopic (exact) mass is 473 g/mol. The van der Waals surface area contributed by atoms with Crippen LogP contribution in [0, 0.1) is 5.41 Å². The van der Waals surface area contributed by atoms with Crippen molar-refractivity contribution in [3.05, 3.63) is 29.8 Å². The van der Waals surface area contributed by atoms with Gasteiger partial charge in [-0.25, -0.2) is 16.8 Å². The minimum Gasteiger partial charge on any atom is -0.489 e. The van der Waals surface area contributed by atoms with Crippen molar-refractivity contribution in [2.75, 3.05) is 43.7 Å². The molecule has 2 rings (SSSR count). The summed E-state index contributed by atoms with van der Waals surface area (Å²) in [5.41, 5.74) is -0.798. The van der Waals surface area contributed by atoms with Gasteiger partial charge in [0.05, 0.1) is 22.5 Å². The molecule has 7 nitrogen and oxygen atoms in total. The number of rotatable bonds is 12. The molecule has 0 bridgehead atoms. The van der Waals surface area contributed by atoms with E-state index in [0.29, 0.717) is 17.7 Å². The third-order valence-corrected chi connectivity index (χ3v) is 8.03. The van der Waals surface area contributed by atoms with Gasteiger partial charge in [-0.15, -0.1) is 0 Å². The molecule has 1 aliphatic rings. The number of fused-ring (bicyclic) bond motifs is 1. The van der Waals surface area contributed by atoms with Gasteiger partial charge in [-0.2, -0.15) is 0 Å². The third-order valence-electron chi connectivity index (χ3n) is 6.14. The minimum absolute atomic E-state index is 0.0461. The molecule has 1 atom stereocenters. The summed E-state index contributed by atoms with van der Waals surface area (Å²) in [4.78, 5) is 16.0. The van der Waals surface area contributed by atoms with Crippen molar-refractivity contribution >= 4 is 25.5 Å². The minimum atomic E-state index is -3.35. The number of ketones is 1. The Kier molecular flexibility index (Phi) is 8.69. The number of sulfone groups is 2.